The molecule has 0 aliphatic heterocycles. The van der Waals surface area contributed by atoms with E-state index in [1.165, 1.54) is 16.2 Å². The van der Waals surface area contributed by atoms with Crippen molar-refractivity contribution in [3.05, 3.63) is 16.1 Å². The molecule has 0 saturated heterocycles. The average molecular weight is 290 g/mol. The van der Waals surface area contributed by atoms with Gasteiger partial charge in [0.1, 0.15) is 11.0 Å². The highest BCUT2D eigenvalue weighted by molar-refractivity contribution is 7.09. The molecule has 18 heavy (non-hydrogen) atoms. The molecule has 1 unspecified atom stereocenters. The summed E-state index contributed by atoms with van der Waals surface area (Å²) in [6.45, 7) is 1.66. The topological polar surface area (TPSA) is 62.3 Å². The van der Waals surface area contributed by atoms with E-state index in [9.17, 15) is 9.59 Å². The predicted octanol–water partition coefficient (Wildman–Crippen LogP) is 1.02. The number of nitrogens with one attached hydrogen (secondary N) is 1. The number of carbonyl (C=O) groups excluding carboxylic acids is 2. The highest BCUT2D eigenvalue weighted by Crippen LogP contribution is 2.12. The fourth-order valence-electron chi connectivity index (χ4n) is 1.37. The van der Waals surface area contributed by atoms with Crippen LogP contribution in [0, 0.1) is 0 Å². The molecule has 0 radical (unpaired) electrons. The molecule has 2 amide bonds. The van der Waals surface area contributed by atoms with Gasteiger partial charge in [0.25, 0.3) is 0 Å². The number of carbonyl (C=O) groups is 2. The average Bonchev–Trinajstić information content (AvgIpc) is 2.75. The van der Waals surface area contributed by atoms with Crippen LogP contribution in [0.4, 0.5) is 0 Å². The largest absolute Gasteiger partial charge is 0.347 e. The fourth-order valence-corrected chi connectivity index (χ4v) is 2.39. The third-order valence-electron chi connectivity index (χ3n) is 2.24. The molecule has 0 fully saturated rings. The lowest BCUT2D eigenvalue weighted by molar-refractivity contribution is -0.133. The SMILES string of the molecule is CC(NC(=O)Cc1nc(CCl)cs1)C(=O)N(C)C. The van der Waals surface area contributed by atoms with Crippen LogP contribution in [-0.2, 0) is 21.9 Å². The van der Waals surface area contributed by atoms with Gasteiger partial charge in [0, 0.05) is 19.5 Å². The summed E-state index contributed by atoms with van der Waals surface area (Å²) in [5.74, 6) is -0.00899. The van der Waals surface area contributed by atoms with Crippen molar-refractivity contribution < 1.29 is 9.59 Å². The zero-order chi connectivity index (χ0) is 13.7. The molecule has 0 aliphatic carbocycles. The molecule has 1 aromatic rings. The minimum atomic E-state index is -0.528. The lowest BCUT2D eigenvalue weighted by Crippen LogP contribution is -2.44. The second-order valence-electron chi connectivity index (χ2n) is 4.06. The Balaban J connectivity index is 2.49. The highest BCUT2D eigenvalue weighted by atomic mass is 35.5. The molecular formula is C11H16ClN3O2S. The van der Waals surface area contributed by atoms with Crippen molar-refractivity contribution >= 4 is 34.8 Å². The van der Waals surface area contributed by atoms with Crippen LogP contribution in [-0.4, -0.2) is 41.8 Å². The minimum absolute atomic E-state index is 0.135. The van der Waals surface area contributed by atoms with Crippen LogP contribution >= 0.6 is 22.9 Å². The van der Waals surface area contributed by atoms with E-state index in [2.05, 4.69) is 10.3 Å². The molecule has 0 bridgehead atoms. The monoisotopic (exact) mass is 289 g/mol. The number of thiazole rings is 1. The summed E-state index contributed by atoms with van der Waals surface area (Å²) in [7, 11) is 3.30. The van der Waals surface area contributed by atoms with E-state index in [1.54, 1.807) is 21.0 Å². The highest BCUT2D eigenvalue weighted by Gasteiger charge is 2.17. The number of nitrogens with zero attached hydrogens (tertiary/aromatic N) is 2. The van der Waals surface area contributed by atoms with E-state index >= 15 is 0 Å². The van der Waals surface area contributed by atoms with E-state index in [0.717, 1.165) is 5.69 Å². The molecule has 1 atom stereocenters. The third-order valence-corrected chi connectivity index (χ3v) is 3.41. The van der Waals surface area contributed by atoms with Crippen LogP contribution in [0.3, 0.4) is 0 Å². The van der Waals surface area contributed by atoms with Crippen molar-refractivity contribution in [1.82, 2.24) is 15.2 Å². The minimum Gasteiger partial charge on any atom is -0.347 e. The van der Waals surface area contributed by atoms with E-state index < -0.39 is 6.04 Å². The van der Waals surface area contributed by atoms with Crippen molar-refractivity contribution in [2.75, 3.05) is 14.1 Å². The summed E-state index contributed by atoms with van der Waals surface area (Å²) >= 11 is 7.02. The first-order valence-electron chi connectivity index (χ1n) is 5.43. The van der Waals surface area contributed by atoms with Crippen molar-refractivity contribution in [1.29, 1.82) is 0 Å². The summed E-state index contributed by atoms with van der Waals surface area (Å²) in [6, 6.07) is -0.528. The van der Waals surface area contributed by atoms with Crippen molar-refractivity contribution in [3.8, 4) is 0 Å². The molecule has 7 heteroatoms. The first kappa shape index (κ1) is 14.9. The summed E-state index contributed by atoms with van der Waals surface area (Å²) in [6.07, 6.45) is 0.173. The Kier molecular flexibility index (Phi) is 5.55. The molecule has 1 rings (SSSR count). The van der Waals surface area contributed by atoms with Gasteiger partial charge in [0.05, 0.1) is 18.0 Å². The van der Waals surface area contributed by atoms with E-state index in [4.69, 9.17) is 11.6 Å². The van der Waals surface area contributed by atoms with Gasteiger partial charge in [-0.25, -0.2) is 4.98 Å². The number of hydrogen-bond donors (Lipinski definition) is 1. The van der Waals surface area contributed by atoms with Gasteiger partial charge in [-0.1, -0.05) is 0 Å². The van der Waals surface area contributed by atoms with Gasteiger partial charge >= 0.3 is 0 Å². The maximum absolute atomic E-state index is 11.7. The maximum atomic E-state index is 11.7. The Labute approximate surface area is 115 Å². The third kappa shape index (κ3) is 4.27. The standard InChI is InChI=1S/C11H16ClN3O2S/c1-7(11(17)15(2)3)13-9(16)4-10-14-8(5-12)6-18-10/h6-7H,4-5H2,1-3H3,(H,13,16). The van der Waals surface area contributed by atoms with E-state index in [1.807, 2.05) is 5.38 Å². The Morgan fingerprint density at radius 3 is 2.72 bits per heavy atom. The summed E-state index contributed by atoms with van der Waals surface area (Å²) < 4.78 is 0. The number of likely N-dealkylation sites (N-methyl/N-ethyl adjacent to an activating group) is 1. The van der Waals surface area contributed by atoms with Gasteiger partial charge in [0.15, 0.2) is 0 Å². The van der Waals surface area contributed by atoms with Gasteiger partial charge < -0.3 is 10.2 Å². The van der Waals surface area contributed by atoms with Crippen LogP contribution in [0.2, 0.25) is 0 Å². The molecule has 0 saturated carbocycles. The van der Waals surface area contributed by atoms with E-state index in [-0.39, 0.29) is 18.2 Å². The van der Waals surface area contributed by atoms with Crippen molar-refractivity contribution in [2.45, 2.75) is 25.3 Å². The number of rotatable bonds is 5. The number of aromatic nitrogens is 1. The second kappa shape index (κ2) is 6.70. The summed E-state index contributed by atoms with van der Waals surface area (Å²) in [4.78, 5) is 28.9. The first-order chi connectivity index (χ1) is 8.43. The Morgan fingerprint density at radius 1 is 1.56 bits per heavy atom. The van der Waals surface area contributed by atoms with Gasteiger partial charge in [-0.15, -0.1) is 22.9 Å². The maximum Gasteiger partial charge on any atom is 0.244 e. The molecular weight excluding hydrogens is 274 g/mol. The predicted molar refractivity (Wildman–Crippen MR) is 71.7 cm³/mol. The number of halogens is 1. The zero-order valence-corrected chi connectivity index (χ0v) is 12.1. The lowest BCUT2D eigenvalue weighted by atomic mass is 10.3. The molecule has 0 aliphatic rings. The van der Waals surface area contributed by atoms with Crippen LogP contribution in [0.5, 0.6) is 0 Å². The number of amides is 2. The Bertz CT molecular complexity index is 434. The summed E-state index contributed by atoms with van der Waals surface area (Å²) in [5, 5.41) is 5.17. The normalized spacial score (nSPS) is 12.0. The lowest BCUT2D eigenvalue weighted by Gasteiger charge is -2.17. The van der Waals surface area contributed by atoms with Crippen LogP contribution in [0.25, 0.3) is 0 Å². The van der Waals surface area contributed by atoms with Crippen molar-refractivity contribution in [3.63, 3.8) is 0 Å². The summed E-state index contributed by atoms with van der Waals surface area (Å²) in [5.41, 5.74) is 0.766. The quantitative estimate of drug-likeness (QED) is 0.823. The molecule has 100 valence electrons. The van der Waals surface area contributed by atoms with Gasteiger partial charge in [-0.3, -0.25) is 9.59 Å². The van der Waals surface area contributed by atoms with Gasteiger partial charge in [0.2, 0.25) is 11.8 Å². The van der Waals surface area contributed by atoms with Crippen LogP contribution < -0.4 is 5.32 Å². The van der Waals surface area contributed by atoms with Gasteiger partial charge in [-0.2, -0.15) is 0 Å². The molecule has 1 N–H and O–H groups in total. The smallest absolute Gasteiger partial charge is 0.244 e. The Morgan fingerprint density at radius 2 is 2.22 bits per heavy atom. The Hall–Kier alpha value is -1.14. The second-order valence-corrected chi connectivity index (χ2v) is 5.27. The molecule has 0 spiro atoms. The number of hydrogen-bond acceptors (Lipinski definition) is 4. The fraction of sp³-hybridized carbons (Fsp3) is 0.545. The van der Waals surface area contributed by atoms with Crippen LogP contribution in [0.15, 0.2) is 5.38 Å². The van der Waals surface area contributed by atoms with Gasteiger partial charge in [-0.05, 0) is 6.92 Å². The molecule has 1 aromatic heterocycles. The molecule has 0 aromatic carbocycles. The molecule has 1 heterocycles. The molecule has 5 nitrogen and oxygen atoms in total. The number of alkyl halides is 1. The zero-order valence-electron chi connectivity index (χ0n) is 10.6. The van der Waals surface area contributed by atoms with Crippen molar-refractivity contribution in [2.24, 2.45) is 0 Å². The first-order valence-corrected chi connectivity index (χ1v) is 6.85. The van der Waals surface area contributed by atoms with E-state index in [0.29, 0.717) is 10.9 Å². The van der Waals surface area contributed by atoms with Crippen LogP contribution in [0.1, 0.15) is 17.6 Å².